The maximum atomic E-state index is 13.4. The van der Waals surface area contributed by atoms with Crippen LogP contribution in [0.25, 0.3) is 6.08 Å². The zero-order valence-electron chi connectivity index (χ0n) is 17.9. The summed E-state index contributed by atoms with van der Waals surface area (Å²) in [5, 5.41) is 15.5. The number of carbonyl (C=O) groups excluding carboxylic acids is 2. The number of rotatable bonds is 4. The number of hydrogen-bond acceptors (Lipinski definition) is 6. The summed E-state index contributed by atoms with van der Waals surface area (Å²) in [7, 11) is 1.48. The Labute approximate surface area is 184 Å². The lowest BCUT2D eigenvalue weighted by molar-refractivity contribution is -0.144. The van der Waals surface area contributed by atoms with Crippen LogP contribution in [0, 0.1) is 5.41 Å². The first-order valence-electron chi connectivity index (χ1n) is 10.1. The number of amides is 2. The van der Waals surface area contributed by atoms with Crippen LogP contribution in [0.15, 0.2) is 67.0 Å². The second-order valence-corrected chi connectivity index (χ2v) is 8.56. The molecule has 0 saturated carbocycles. The van der Waals surface area contributed by atoms with Crippen LogP contribution >= 0.6 is 0 Å². The Morgan fingerprint density at radius 3 is 2.69 bits per heavy atom. The van der Waals surface area contributed by atoms with Gasteiger partial charge in [0.15, 0.2) is 5.76 Å². The number of imidazole rings is 1. The molecule has 3 aliphatic rings. The van der Waals surface area contributed by atoms with E-state index in [1.807, 2.05) is 38.1 Å². The minimum atomic E-state index is -1.52. The molecule has 1 fully saturated rings. The molecule has 1 saturated heterocycles. The highest BCUT2D eigenvalue weighted by Crippen LogP contribution is 2.64. The Kier molecular flexibility index (Phi) is 3.97. The highest BCUT2D eigenvalue weighted by Gasteiger charge is 2.76. The number of fused-ring (bicyclic) bond motifs is 2. The normalized spacial score (nSPS) is 27.7. The molecule has 1 aromatic carbocycles. The molecule has 4 heterocycles. The van der Waals surface area contributed by atoms with Crippen LogP contribution in [0.1, 0.15) is 25.1 Å². The number of aromatic nitrogens is 2. The number of hydroxylamine groups is 1. The monoisotopic (exact) mass is 433 g/mol. The number of aromatic amines is 1. The van der Waals surface area contributed by atoms with Gasteiger partial charge in [-0.2, -0.15) is 0 Å². The Morgan fingerprint density at radius 1 is 1.28 bits per heavy atom. The summed E-state index contributed by atoms with van der Waals surface area (Å²) >= 11 is 0. The van der Waals surface area contributed by atoms with Gasteiger partial charge >= 0.3 is 0 Å². The Bertz CT molecular complexity index is 1210. The summed E-state index contributed by atoms with van der Waals surface area (Å²) in [4.78, 5) is 40.8. The van der Waals surface area contributed by atoms with Gasteiger partial charge in [0.05, 0.1) is 36.4 Å². The first-order chi connectivity index (χ1) is 15.2. The predicted octanol–water partition coefficient (Wildman–Crippen LogP) is 2.35. The van der Waals surface area contributed by atoms with Crippen molar-refractivity contribution in [1.29, 1.82) is 0 Å². The van der Waals surface area contributed by atoms with Crippen molar-refractivity contribution < 1.29 is 19.5 Å². The first-order valence-corrected chi connectivity index (χ1v) is 10.1. The van der Waals surface area contributed by atoms with Gasteiger partial charge in [0.25, 0.3) is 11.8 Å². The number of carbonyl (C=O) groups is 2. The van der Waals surface area contributed by atoms with Gasteiger partial charge in [0.1, 0.15) is 5.70 Å². The fraction of sp³-hybridized carbons (Fsp3) is 0.261. The van der Waals surface area contributed by atoms with E-state index in [0.29, 0.717) is 11.4 Å². The zero-order valence-corrected chi connectivity index (χ0v) is 17.9. The average Bonchev–Trinajstić information content (AvgIpc) is 3.44. The van der Waals surface area contributed by atoms with Crippen molar-refractivity contribution in [3.8, 4) is 0 Å². The molecule has 0 radical (unpaired) electrons. The Morgan fingerprint density at radius 2 is 2.03 bits per heavy atom. The highest BCUT2D eigenvalue weighted by molar-refractivity contribution is 6.10. The predicted molar refractivity (Wildman–Crippen MR) is 117 cm³/mol. The van der Waals surface area contributed by atoms with Crippen LogP contribution in [0.4, 0.5) is 5.69 Å². The van der Waals surface area contributed by atoms with Crippen molar-refractivity contribution >= 4 is 23.6 Å². The summed E-state index contributed by atoms with van der Waals surface area (Å²) in [6.07, 6.45) is 7.81. The van der Waals surface area contributed by atoms with E-state index < -0.39 is 34.2 Å². The summed E-state index contributed by atoms with van der Waals surface area (Å²) in [6, 6.07) is 7.47. The van der Waals surface area contributed by atoms with E-state index in [1.165, 1.54) is 41.7 Å². The SMILES string of the molecule is C=CC(C)(C)[C@@]12C=C(O)C(=O)N3/C(=C\c4cnc[nH]4)C(=O)N[C@]31N(OC)c1ccccc12. The molecule has 3 N–H and O–H groups in total. The number of aliphatic hydroxyl groups excluding tert-OH is 1. The second kappa shape index (κ2) is 6.33. The van der Waals surface area contributed by atoms with Gasteiger partial charge in [0.2, 0.25) is 5.79 Å². The zero-order chi connectivity index (χ0) is 22.9. The molecule has 164 valence electrons. The Balaban J connectivity index is 1.91. The minimum Gasteiger partial charge on any atom is -0.503 e. The fourth-order valence-electron chi connectivity index (χ4n) is 5.29. The van der Waals surface area contributed by atoms with E-state index in [0.717, 1.165) is 5.56 Å². The van der Waals surface area contributed by atoms with Crippen molar-refractivity contribution in [3.05, 3.63) is 78.2 Å². The molecule has 1 aromatic heterocycles. The Hall–Kier alpha value is -3.85. The second-order valence-electron chi connectivity index (χ2n) is 8.56. The van der Waals surface area contributed by atoms with Crippen molar-refractivity contribution in [3.63, 3.8) is 0 Å². The number of allylic oxidation sites excluding steroid dienone is 1. The van der Waals surface area contributed by atoms with Gasteiger partial charge in [-0.1, -0.05) is 38.1 Å². The van der Waals surface area contributed by atoms with Crippen LogP contribution in [0.5, 0.6) is 0 Å². The first kappa shape index (κ1) is 20.1. The van der Waals surface area contributed by atoms with Gasteiger partial charge in [-0.25, -0.2) is 10.0 Å². The largest absolute Gasteiger partial charge is 0.503 e. The van der Waals surface area contributed by atoms with E-state index >= 15 is 0 Å². The molecule has 2 amide bonds. The molecule has 0 unspecified atom stereocenters. The number of benzene rings is 1. The third-order valence-corrected chi connectivity index (χ3v) is 6.77. The third kappa shape index (κ3) is 2.08. The van der Waals surface area contributed by atoms with E-state index in [1.54, 1.807) is 6.08 Å². The van der Waals surface area contributed by atoms with E-state index in [2.05, 4.69) is 21.9 Å². The quantitative estimate of drug-likeness (QED) is 0.504. The molecule has 5 rings (SSSR count). The molecule has 9 nitrogen and oxygen atoms in total. The number of nitrogens with zero attached hydrogens (tertiary/aromatic N) is 3. The average molecular weight is 433 g/mol. The van der Waals surface area contributed by atoms with Crippen LogP contribution in [0.3, 0.4) is 0 Å². The molecular weight excluding hydrogens is 410 g/mol. The lowest BCUT2D eigenvalue weighted by Crippen LogP contribution is -2.76. The molecule has 3 aliphatic heterocycles. The number of aliphatic hydroxyl groups is 1. The maximum absolute atomic E-state index is 13.4. The van der Waals surface area contributed by atoms with Crippen molar-refractivity contribution in [2.24, 2.45) is 5.41 Å². The van der Waals surface area contributed by atoms with Crippen molar-refractivity contribution in [1.82, 2.24) is 20.2 Å². The summed E-state index contributed by atoms with van der Waals surface area (Å²) < 4.78 is 0. The molecule has 1 spiro atoms. The van der Waals surface area contributed by atoms with Crippen molar-refractivity contribution in [2.75, 3.05) is 12.2 Å². The highest BCUT2D eigenvalue weighted by atomic mass is 16.7. The van der Waals surface area contributed by atoms with E-state index in [9.17, 15) is 14.7 Å². The lowest BCUT2D eigenvalue weighted by Gasteiger charge is -2.56. The van der Waals surface area contributed by atoms with Crippen LogP contribution in [-0.4, -0.2) is 44.7 Å². The summed E-state index contributed by atoms with van der Waals surface area (Å²) in [6.45, 7) is 7.91. The molecule has 32 heavy (non-hydrogen) atoms. The number of anilines is 1. The van der Waals surface area contributed by atoms with Gasteiger partial charge < -0.3 is 15.4 Å². The molecule has 0 bridgehead atoms. The van der Waals surface area contributed by atoms with Crippen LogP contribution in [-0.2, 0) is 19.8 Å². The summed E-state index contributed by atoms with van der Waals surface area (Å²) in [5.41, 5.74) is 0.141. The molecular formula is C23H23N5O4. The smallest absolute Gasteiger partial charge is 0.296 e. The number of para-hydroxylation sites is 1. The van der Waals surface area contributed by atoms with Gasteiger partial charge in [-0.3, -0.25) is 19.3 Å². The lowest BCUT2D eigenvalue weighted by atomic mass is 9.57. The topological polar surface area (TPSA) is 111 Å². The molecule has 2 aromatic rings. The van der Waals surface area contributed by atoms with E-state index in [-0.39, 0.29) is 5.70 Å². The fourth-order valence-corrected chi connectivity index (χ4v) is 5.29. The van der Waals surface area contributed by atoms with Crippen molar-refractivity contribution in [2.45, 2.75) is 25.0 Å². The minimum absolute atomic E-state index is 0.0537. The third-order valence-electron chi connectivity index (χ3n) is 6.77. The van der Waals surface area contributed by atoms with Crippen LogP contribution < -0.4 is 10.4 Å². The van der Waals surface area contributed by atoms with Gasteiger partial charge in [0, 0.05) is 5.41 Å². The number of nitrogens with one attached hydrogen (secondary N) is 2. The van der Waals surface area contributed by atoms with E-state index in [4.69, 9.17) is 4.84 Å². The molecule has 9 heteroatoms. The maximum Gasteiger partial charge on any atom is 0.296 e. The van der Waals surface area contributed by atoms with Crippen LogP contribution in [0.2, 0.25) is 0 Å². The van der Waals surface area contributed by atoms with Gasteiger partial charge in [-0.05, 0) is 23.8 Å². The standard InChI is InChI=1S/C23H23N5O4/c1-5-21(2,3)22-11-18(29)20(31)27-17(10-14-12-24-13-25-14)19(30)26-23(22,27)28(32-4)16-9-7-6-8-15(16)22/h5-13,29H,1H2,2-4H3,(H,24,25)(H,26,30)/b17-10-/t22-,23-/m0/s1. The number of hydrogen-bond donors (Lipinski definition) is 3. The molecule has 2 atom stereocenters. The van der Waals surface area contributed by atoms with Gasteiger partial charge in [-0.15, -0.1) is 6.58 Å². The number of H-pyrrole nitrogens is 1. The molecule has 0 aliphatic carbocycles. The summed E-state index contributed by atoms with van der Waals surface area (Å²) in [5.74, 6) is -3.19.